The second kappa shape index (κ2) is 5.17. The molecule has 1 aliphatic rings. The van der Waals surface area contributed by atoms with E-state index >= 15 is 0 Å². The molecule has 3 nitrogen and oxygen atoms in total. The van der Waals surface area contributed by atoms with Crippen molar-refractivity contribution in [3.63, 3.8) is 0 Å². The van der Waals surface area contributed by atoms with Crippen LogP contribution in [0.15, 0.2) is 0 Å². The zero-order chi connectivity index (χ0) is 12.3. The maximum Gasteiger partial charge on any atom is 0.323 e. The van der Waals surface area contributed by atoms with Gasteiger partial charge in [0.15, 0.2) is 0 Å². The Morgan fingerprint density at radius 3 is 2.62 bits per heavy atom. The average Bonchev–Trinajstić information content (AvgIpc) is 2.81. The van der Waals surface area contributed by atoms with Gasteiger partial charge in [-0.05, 0) is 46.5 Å². The molecule has 1 rings (SSSR count). The molecule has 0 aromatic rings. The summed E-state index contributed by atoms with van der Waals surface area (Å²) in [4.78, 5) is 11.7. The molecule has 0 saturated heterocycles. The van der Waals surface area contributed by atoms with E-state index in [2.05, 4.69) is 12.2 Å². The van der Waals surface area contributed by atoms with Crippen LogP contribution >= 0.6 is 0 Å². The van der Waals surface area contributed by atoms with Gasteiger partial charge in [0.25, 0.3) is 0 Å². The monoisotopic (exact) mass is 227 g/mol. The lowest BCUT2D eigenvalue weighted by atomic mass is 10.2. The molecule has 0 heterocycles. The Labute approximate surface area is 98.9 Å². The van der Waals surface area contributed by atoms with Crippen LogP contribution in [0.2, 0.25) is 0 Å². The van der Waals surface area contributed by atoms with Crippen LogP contribution in [-0.4, -0.2) is 23.7 Å². The van der Waals surface area contributed by atoms with E-state index in [1.165, 1.54) is 19.3 Å². The second-order valence-electron chi connectivity index (χ2n) is 5.81. The van der Waals surface area contributed by atoms with Gasteiger partial charge in [0, 0.05) is 6.04 Å². The van der Waals surface area contributed by atoms with Gasteiger partial charge < -0.3 is 10.1 Å². The standard InChI is InChI=1S/C13H25NO2/c1-6-7-10-8-11(10)14-9(2)12(15)16-13(3,4)5/h9-11,14H,6-8H2,1-5H3. The van der Waals surface area contributed by atoms with Crippen molar-refractivity contribution in [3.8, 4) is 0 Å². The first-order chi connectivity index (χ1) is 7.33. The number of ether oxygens (including phenoxy) is 1. The molecule has 0 radical (unpaired) electrons. The van der Waals surface area contributed by atoms with Crippen LogP contribution in [0.1, 0.15) is 53.9 Å². The molecule has 0 aliphatic heterocycles. The van der Waals surface area contributed by atoms with Crippen LogP contribution in [0.4, 0.5) is 0 Å². The van der Waals surface area contributed by atoms with Crippen molar-refractivity contribution in [2.75, 3.05) is 0 Å². The Morgan fingerprint density at radius 1 is 1.50 bits per heavy atom. The molecule has 16 heavy (non-hydrogen) atoms. The topological polar surface area (TPSA) is 38.3 Å². The molecule has 94 valence electrons. The molecule has 1 N–H and O–H groups in total. The van der Waals surface area contributed by atoms with Crippen LogP contribution in [0, 0.1) is 5.92 Å². The van der Waals surface area contributed by atoms with Gasteiger partial charge in [0.05, 0.1) is 0 Å². The van der Waals surface area contributed by atoms with Gasteiger partial charge in [-0.3, -0.25) is 4.79 Å². The van der Waals surface area contributed by atoms with Crippen molar-refractivity contribution in [2.24, 2.45) is 5.92 Å². The molecule has 0 bridgehead atoms. The minimum Gasteiger partial charge on any atom is -0.459 e. The van der Waals surface area contributed by atoms with Crippen LogP contribution < -0.4 is 5.32 Å². The average molecular weight is 227 g/mol. The summed E-state index contributed by atoms with van der Waals surface area (Å²) in [5.41, 5.74) is -0.389. The molecule has 3 heteroatoms. The van der Waals surface area contributed by atoms with Crippen molar-refractivity contribution in [1.29, 1.82) is 0 Å². The van der Waals surface area contributed by atoms with Crippen molar-refractivity contribution in [2.45, 2.75) is 71.6 Å². The smallest absolute Gasteiger partial charge is 0.323 e. The molecular formula is C13H25NO2. The highest BCUT2D eigenvalue weighted by Gasteiger charge is 2.38. The largest absolute Gasteiger partial charge is 0.459 e. The van der Waals surface area contributed by atoms with Crippen LogP contribution in [-0.2, 0) is 9.53 Å². The van der Waals surface area contributed by atoms with E-state index in [-0.39, 0.29) is 17.6 Å². The van der Waals surface area contributed by atoms with Gasteiger partial charge in [0.1, 0.15) is 11.6 Å². The fraction of sp³-hybridized carbons (Fsp3) is 0.923. The van der Waals surface area contributed by atoms with E-state index in [1.807, 2.05) is 27.7 Å². The Balaban J connectivity index is 2.25. The van der Waals surface area contributed by atoms with Gasteiger partial charge in [-0.2, -0.15) is 0 Å². The summed E-state index contributed by atoms with van der Waals surface area (Å²) in [6.45, 7) is 9.78. The number of nitrogens with one attached hydrogen (secondary N) is 1. The number of esters is 1. The summed E-state index contributed by atoms with van der Waals surface area (Å²) in [5, 5.41) is 3.34. The summed E-state index contributed by atoms with van der Waals surface area (Å²) in [6.07, 6.45) is 3.70. The summed E-state index contributed by atoms with van der Waals surface area (Å²) >= 11 is 0. The predicted octanol–water partition coefficient (Wildman–Crippen LogP) is 2.49. The molecule has 0 aromatic heterocycles. The first kappa shape index (κ1) is 13.5. The molecule has 1 fully saturated rings. The van der Waals surface area contributed by atoms with Crippen molar-refractivity contribution < 1.29 is 9.53 Å². The fourth-order valence-electron chi connectivity index (χ4n) is 1.92. The quantitative estimate of drug-likeness (QED) is 0.733. The Kier molecular flexibility index (Phi) is 4.36. The second-order valence-corrected chi connectivity index (χ2v) is 5.81. The maximum absolute atomic E-state index is 11.7. The lowest BCUT2D eigenvalue weighted by Gasteiger charge is -2.22. The van der Waals surface area contributed by atoms with Crippen molar-refractivity contribution >= 4 is 5.97 Å². The molecule has 3 unspecified atom stereocenters. The minimum absolute atomic E-state index is 0.144. The normalized spacial score (nSPS) is 26.3. The Hall–Kier alpha value is -0.570. The molecule has 0 amide bonds. The highest BCUT2D eigenvalue weighted by Crippen LogP contribution is 2.34. The molecule has 1 aliphatic carbocycles. The highest BCUT2D eigenvalue weighted by atomic mass is 16.6. The van der Waals surface area contributed by atoms with E-state index in [9.17, 15) is 4.79 Å². The Morgan fingerprint density at radius 2 is 2.12 bits per heavy atom. The number of carbonyl (C=O) groups excluding carboxylic acids is 1. The third-order valence-electron chi connectivity index (χ3n) is 2.81. The lowest BCUT2D eigenvalue weighted by Crippen LogP contribution is -2.40. The zero-order valence-corrected chi connectivity index (χ0v) is 11.2. The van der Waals surface area contributed by atoms with Gasteiger partial charge in [-0.1, -0.05) is 13.3 Å². The fourth-order valence-corrected chi connectivity index (χ4v) is 1.92. The first-order valence-electron chi connectivity index (χ1n) is 6.32. The van der Waals surface area contributed by atoms with Gasteiger partial charge >= 0.3 is 5.97 Å². The van der Waals surface area contributed by atoms with E-state index in [0.29, 0.717) is 6.04 Å². The van der Waals surface area contributed by atoms with Gasteiger partial charge in [0.2, 0.25) is 0 Å². The van der Waals surface area contributed by atoms with Gasteiger partial charge in [-0.15, -0.1) is 0 Å². The molecule has 3 atom stereocenters. The van der Waals surface area contributed by atoms with E-state index in [0.717, 1.165) is 5.92 Å². The van der Waals surface area contributed by atoms with Crippen molar-refractivity contribution in [1.82, 2.24) is 5.32 Å². The van der Waals surface area contributed by atoms with E-state index in [1.54, 1.807) is 0 Å². The Bertz CT molecular complexity index is 245. The highest BCUT2D eigenvalue weighted by molar-refractivity contribution is 5.75. The van der Waals surface area contributed by atoms with Crippen molar-refractivity contribution in [3.05, 3.63) is 0 Å². The molecule has 0 aromatic carbocycles. The number of hydrogen-bond acceptors (Lipinski definition) is 3. The van der Waals surface area contributed by atoms with Crippen LogP contribution in [0.3, 0.4) is 0 Å². The van der Waals surface area contributed by atoms with E-state index in [4.69, 9.17) is 4.74 Å². The summed E-state index contributed by atoms with van der Waals surface area (Å²) < 4.78 is 5.32. The SMILES string of the molecule is CCCC1CC1NC(C)C(=O)OC(C)(C)C. The number of carbonyl (C=O) groups is 1. The number of rotatable bonds is 5. The van der Waals surface area contributed by atoms with Crippen LogP contribution in [0.5, 0.6) is 0 Å². The van der Waals surface area contributed by atoms with Crippen LogP contribution in [0.25, 0.3) is 0 Å². The summed E-state index contributed by atoms with van der Waals surface area (Å²) in [7, 11) is 0. The predicted molar refractivity (Wildman–Crippen MR) is 65.2 cm³/mol. The minimum atomic E-state index is -0.389. The maximum atomic E-state index is 11.7. The van der Waals surface area contributed by atoms with Gasteiger partial charge in [-0.25, -0.2) is 0 Å². The summed E-state index contributed by atoms with van der Waals surface area (Å²) in [6, 6.07) is 0.341. The number of hydrogen-bond donors (Lipinski definition) is 1. The third-order valence-corrected chi connectivity index (χ3v) is 2.81. The third kappa shape index (κ3) is 4.52. The molecule has 0 spiro atoms. The molecular weight excluding hydrogens is 202 g/mol. The molecule has 1 saturated carbocycles. The first-order valence-corrected chi connectivity index (χ1v) is 6.32. The zero-order valence-electron chi connectivity index (χ0n) is 11.2. The lowest BCUT2D eigenvalue weighted by molar-refractivity contribution is -0.157. The van der Waals surface area contributed by atoms with E-state index < -0.39 is 0 Å². The summed E-state index contributed by atoms with van der Waals surface area (Å²) in [5.74, 6) is 0.629.